The molecule has 0 unspecified atom stereocenters. The summed E-state index contributed by atoms with van der Waals surface area (Å²) in [5.74, 6) is 0.755. The second-order valence-electron chi connectivity index (χ2n) is 1.66. The number of nitrogens with two attached hydrogens (primary N) is 1. The summed E-state index contributed by atoms with van der Waals surface area (Å²) in [6.45, 7) is 1.80. The van der Waals surface area contributed by atoms with Crippen LogP contribution in [0, 0.1) is 6.04 Å². The van der Waals surface area contributed by atoms with Crippen LogP contribution in [0.3, 0.4) is 0 Å². The third-order valence-corrected chi connectivity index (χ3v) is 0.910. The fraction of sp³-hybridized carbons (Fsp3) is 0.167. The molecule has 1 aromatic heterocycles. The molecule has 0 aromatic carbocycles. The van der Waals surface area contributed by atoms with Crippen LogP contribution in [0.2, 0.25) is 0 Å². The van der Waals surface area contributed by atoms with Crippen molar-refractivity contribution in [2.24, 2.45) is 5.73 Å². The van der Waals surface area contributed by atoms with Crippen molar-refractivity contribution in [3.8, 4) is 0 Å². The Morgan fingerprint density at radius 2 is 2.50 bits per heavy atom. The first-order chi connectivity index (χ1) is 3.80. The van der Waals surface area contributed by atoms with Gasteiger partial charge in [-0.1, -0.05) is 0 Å². The van der Waals surface area contributed by atoms with Gasteiger partial charge in [0.15, 0.2) is 0 Å². The Balaban J connectivity index is 2.77. The van der Waals surface area contributed by atoms with Gasteiger partial charge in [-0.15, -0.1) is 0 Å². The Bertz CT molecular complexity index is 144. The van der Waals surface area contributed by atoms with Gasteiger partial charge in [0, 0.05) is 0 Å². The molecule has 0 fully saturated rings. The van der Waals surface area contributed by atoms with E-state index in [0.717, 1.165) is 11.8 Å². The van der Waals surface area contributed by atoms with Crippen molar-refractivity contribution < 1.29 is 4.42 Å². The summed E-state index contributed by atoms with van der Waals surface area (Å²) >= 11 is 0. The van der Waals surface area contributed by atoms with Crippen molar-refractivity contribution in [1.29, 1.82) is 0 Å². The molecule has 0 aliphatic rings. The zero-order valence-electron chi connectivity index (χ0n) is 4.72. The maximum atomic E-state index is 5.38. The van der Waals surface area contributed by atoms with Crippen LogP contribution in [0.5, 0.6) is 0 Å². The fourth-order valence-electron chi connectivity index (χ4n) is 0.503. The minimum Gasteiger partial charge on any atom is -0.467 e. The lowest BCUT2D eigenvalue weighted by Crippen LogP contribution is -2.03. The molecule has 0 aliphatic heterocycles. The van der Waals surface area contributed by atoms with Crippen LogP contribution in [-0.2, 0) is 0 Å². The van der Waals surface area contributed by atoms with E-state index in [0.29, 0.717) is 0 Å². The van der Waals surface area contributed by atoms with Gasteiger partial charge in [0.1, 0.15) is 5.76 Å². The zero-order valence-corrected chi connectivity index (χ0v) is 4.72. The SMILES string of the molecule is C[C](N)c1ccco1. The molecule has 0 saturated heterocycles. The van der Waals surface area contributed by atoms with Gasteiger partial charge in [-0.25, -0.2) is 0 Å². The summed E-state index contributed by atoms with van der Waals surface area (Å²) < 4.78 is 4.93. The Kier molecular flexibility index (Phi) is 1.35. The maximum absolute atomic E-state index is 5.38. The number of hydrogen-bond donors (Lipinski definition) is 1. The lowest BCUT2D eigenvalue weighted by molar-refractivity contribution is 0.524. The molecule has 1 aromatic rings. The average molecular weight is 110 g/mol. The van der Waals surface area contributed by atoms with Crippen molar-refractivity contribution >= 4 is 0 Å². The first kappa shape index (κ1) is 5.38. The monoisotopic (exact) mass is 110 g/mol. The molecule has 2 heteroatoms. The van der Waals surface area contributed by atoms with E-state index >= 15 is 0 Å². The molecule has 1 radical (unpaired) electrons. The van der Waals surface area contributed by atoms with E-state index in [1.807, 2.05) is 12.1 Å². The number of furan rings is 1. The number of rotatable bonds is 1. The van der Waals surface area contributed by atoms with Crippen LogP contribution in [0.15, 0.2) is 22.8 Å². The normalized spacial score (nSPS) is 10.4. The highest BCUT2D eigenvalue weighted by molar-refractivity contribution is 5.14. The smallest absolute Gasteiger partial charge is 0.125 e. The van der Waals surface area contributed by atoms with Gasteiger partial charge in [0.2, 0.25) is 0 Å². The quantitative estimate of drug-likeness (QED) is 0.588. The van der Waals surface area contributed by atoms with Crippen molar-refractivity contribution in [2.45, 2.75) is 6.92 Å². The molecule has 0 amide bonds. The molecule has 43 valence electrons. The Morgan fingerprint density at radius 1 is 1.75 bits per heavy atom. The first-order valence-electron chi connectivity index (χ1n) is 2.43. The summed E-state index contributed by atoms with van der Waals surface area (Å²) in [5, 5.41) is 0. The predicted octanol–water partition coefficient (Wildman–Crippen LogP) is 1.14. The molecule has 2 N–H and O–H groups in total. The Labute approximate surface area is 48.3 Å². The fourth-order valence-corrected chi connectivity index (χ4v) is 0.503. The molecule has 2 nitrogen and oxygen atoms in total. The van der Waals surface area contributed by atoms with Crippen LogP contribution in [0.25, 0.3) is 0 Å². The third kappa shape index (κ3) is 0.898. The molecule has 0 bridgehead atoms. The summed E-state index contributed by atoms with van der Waals surface area (Å²) in [6, 6.07) is 4.36. The molecular weight excluding hydrogens is 102 g/mol. The van der Waals surface area contributed by atoms with E-state index in [4.69, 9.17) is 10.2 Å². The topological polar surface area (TPSA) is 39.2 Å². The van der Waals surface area contributed by atoms with Crippen molar-refractivity contribution in [3.05, 3.63) is 30.2 Å². The largest absolute Gasteiger partial charge is 0.467 e. The van der Waals surface area contributed by atoms with E-state index in [1.54, 1.807) is 13.2 Å². The average Bonchev–Trinajstić information content (AvgIpc) is 2.12. The molecule has 0 spiro atoms. The van der Waals surface area contributed by atoms with E-state index in [2.05, 4.69) is 0 Å². The standard InChI is InChI=1S/C6H8NO/c1-5(7)6-3-2-4-8-6/h2-4H,7H2,1H3. The summed E-state index contributed by atoms with van der Waals surface area (Å²) in [6.07, 6.45) is 1.60. The second kappa shape index (κ2) is 2.01. The van der Waals surface area contributed by atoms with E-state index in [-0.39, 0.29) is 0 Å². The zero-order chi connectivity index (χ0) is 5.98. The third-order valence-electron chi connectivity index (χ3n) is 0.910. The van der Waals surface area contributed by atoms with Crippen molar-refractivity contribution in [3.63, 3.8) is 0 Å². The van der Waals surface area contributed by atoms with Crippen LogP contribution >= 0.6 is 0 Å². The lowest BCUT2D eigenvalue weighted by atomic mass is 10.3. The van der Waals surface area contributed by atoms with Crippen LogP contribution in [-0.4, -0.2) is 0 Å². The first-order valence-corrected chi connectivity index (χ1v) is 2.43. The number of hydrogen-bond acceptors (Lipinski definition) is 2. The van der Waals surface area contributed by atoms with Gasteiger partial charge in [0.25, 0.3) is 0 Å². The summed E-state index contributed by atoms with van der Waals surface area (Å²) in [5.41, 5.74) is 5.38. The van der Waals surface area contributed by atoms with Crippen molar-refractivity contribution in [2.75, 3.05) is 0 Å². The molecule has 1 rings (SSSR count). The minimum absolute atomic E-state index is 0.718. The highest BCUT2D eigenvalue weighted by Crippen LogP contribution is 2.06. The van der Waals surface area contributed by atoms with E-state index in [9.17, 15) is 0 Å². The van der Waals surface area contributed by atoms with Crippen LogP contribution in [0.4, 0.5) is 0 Å². The van der Waals surface area contributed by atoms with Gasteiger partial charge in [-0.2, -0.15) is 0 Å². The Morgan fingerprint density at radius 3 is 2.75 bits per heavy atom. The summed E-state index contributed by atoms with van der Waals surface area (Å²) in [4.78, 5) is 0. The maximum Gasteiger partial charge on any atom is 0.125 e. The van der Waals surface area contributed by atoms with Gasteiger partial charge in [-0.3, -0.25) is 0 Å². The van der Waals surface area contributed by atoms with Gasteiger partial charge < -0.3 is 10.2 Å². The highest BCUT2D eigenvalue weighted by Gasteiger charge is 1.99. The molecule has 1 heterocycles. The molecule has 0 atom stereocenters. The molecule has 0 saturated carbocycles. The van der Waals surface area contributed by atoms with Crippen molar-refractivity contribution in [1.82, 2.24) is 0 Å². The molecular formula is C6H8NO. The van der Waals surface area contributed by atoms with Gasteiger partial charge >= 0.3 is 0 Å². The summed E-state index contributed by atoms with van der Waals surface area (Å²) in [7, 11) is 0. The molecule has 8 heavy (non-hydrogen) atoms. The highest BCUT2D eigenvalue weighted by atomic mass is 16.3. The minimum atomic E-state index is 0.718. The molecule has 0 aliphatic carbocycles. The van der Waals surface area contributed by atoms with Crippen LogP contribution < -0.4 is 5.73 Å². The Hall–Kier alpha value is -0.760. The second-order valence-corrected chi connectivity index (χ2v) is 1.66. The lowest BCUT2D eigenvalue weighted by Gasteiger charge is -1.94. The van der Waals surface area contributed by atoms with Gasteiger partial charge in [0.05, 0.1) is 12.3 Å². The van der Waals surface area contributed by atoms with E-state index in [1.165, 1.54) is 0 Å². The van der Waals surface area contributed by atoms with Crippen LogP contribution in [0.1, 0.15) is 12.7 Å². The van der Waals surface area contributed by atoms with Gasteiger partial charge in [-0.05, 0) is 19.1 Å². The predicted molar refractivity (Wildman–Crippen MR) is 30.9 cm³/mol. The van der Waals surface area contributed by atoms with E-state index < -0.39 is 0 Å².